The minimum Gasteiger partial charge on any atom is -0.436 e. The summed E-state index contributed by atoms with van der Waals surface area (Å²) in [5.41, 5.74) is 8.29. The molecule has 0 amide bonds. The van der Waals surface area contributed by atoms with Gasteiger partial charge in [0.15, 0.2) is 5.82 Å². The topological polar surface area (TPSA) is 43.9 Å². The number of fused-ring (bicyclic) bond motifs is 7. The molecule has 3 aromatic heterocycles. The smallest absolute Gasteiger partial charge is 0.247 e. The van der Waals surface area contributed by atoms with E-state index in [1.54, 1.807) is 0 Å². The Bertz CT molecular complexity index is 2470. The lowest BCUT2D eigenvalue weighted by molar-refractivity contribution is 0.653. The molecule has 0 unspecified atom stereocenters. The highest BCUT2D eigenvalue weighted by atomic mass is 16.3. The quantitative estimate of drug-likeness (QED) is 0.225. The number of hydrogen-bond donors (Lipinski definition) is 0. The van der Waals surface area contributed by atoms with E-state index in [2.05, 4.69) is 120 Å². The van der Waals surface area contributed by atoms with Gasteiger partial charge < -0.3 is 4.42 Å². The van der Waals surface area contributed by atoms with Crippen molar-refractivity contribution in [1.29, 1.82) is 0 Å². The van der Waals surface area contributed by atoms with Crippen LogP contribution in [0, 0.1) is 0 Å². The van der Waals surface area contributed by atoms with Crippen molar-refractivity contribution < 1.29 is 4.42 Å². The average Bonchev–Trinajstić information content (AvgIpc) is 3.58. The Balaban J connectivity index is 1.42. The molecule has 0 radical (unpaired) electrons. The second-order valence-electron chi connectivity index (χ2n) is 10.7. The van der Waals surface area contributed by atoms with Gasteiger partial charge in [-0.05, 0) is 58.3 Å². The molecule has 0 atom stereocenters. The molecule has 42 heavy (non-hydrogen) atoms. The van der Waals surface area contributed by atoms with Gasteiger partial charge in [-0.3, -0.25) is 4.57 Å². The highest BCUT2D eigenvalue weighted by Gasteiger charge is 2.22. The van der Waals surface area contributed by atoms with Crippen LogP contribution in [0.15, 0.2) is 144 Å². The van der Waals surface area contributed by atoms with Gasteiger partial charge in [0.2, 0.25) is 5.71 Å². The molecule has 0 spiro atoms. The van der Waals surface area contributed by atoms with E-state index >= 15 is 0 Å². The first-order valence-electron chi connectivity index (χ1n) is 14.1. The van der Waals surface area contributed by atoms with Crippen LogP contribution in [0.3, 0.4) is 0 Å². The van der Waals surface area contributed by atoms with Crippen LogP contribution in [0.25, 0.3) is 83.0 Å². The third kappa shape index (κ3) is 3.42. The van der Waals surface area contributed by atoms with Crippen LogP contribution in [-0.2, 0) is 0 Å². The summed E-state index contributed by atoms with van der Waals surface area (Å²) < 4.78 is 8.53. The first-order valence-corrected chi connectivity index (χ1v) is 14.1. The van der Waals surface area contributed by atoms with Gasteiger partial charge in [-0.2, -0.15) is 0 Å². The molecule has 0 saturated carbocycles. The van der Waals surface area contributed by atoms with Crippen LogP contribution in [0.4, 0.5) is 0 Å². The SMILES string of the molecule is c1ccc(-c2cccc(-c3nc4oc5ccccc5c4nc3-n3c4ccccc4c4cc5ccccc5cc43)c2)cc1. The highest BCUT2D eigenvalue weighted by Crippen LogP contribution is 2.39. The Morgan fingerprint density at radius 1 is 0.476 bits per heavy atom. The summed E-state index contributed by atoms with van der Waals surface area (Å²) in [6, 6.07) is 48.6. The van der Waals surface area contributed by atoms with Crippen LogP contribution in [0.2, 0.25) is 0 Å². The number of para-hydroxylation sites is 2. The zero-order chi connectivity index (χ0) is 27.6. The minimum atomic E-state index is 0.534. The van der Waals surface area contributed by atoms with Crippen molar-refractivity contribution >= 4 is 54.8 Å². The summed E-state index contributed by atoms with van der Waals surface area (Å²) in [5.74, 6) is 0.778. The number of rotatable bonds is 3. The number of nitrogens with zero attached hydrogens (tertiary/aromatic N) is 3. The van der Waals surface area contributed by atoms with Gasteiger partial charge in [-0.1, -0.05) is 103 Å². The normalized spacial score (nSPS) is 11.8. The van der Waals surface area contributed by atoms with Crippen molar-refractivity contribution in [3.8, 4) is 28.2 Å². The first-order chi connectivity index (χ1) is 20.8. The molecule has 4 heteroatoms. The third-order valence-corrected chi connectivity index (χ3v) is 8.19. The van der Waals surface area contributed by atoms with Gasteiger partial charge in [0.1, 0.15) is 16.8 Å². The van der Waals surface area contributed by atoms with Gasteiger partial charge in [0, 0.05) is 21.7 Å². The van der Waals surface area contributed by atoms with E-state index in [1.807, 2.05) is 24.3 Å². The maximum atomic E-state index is 6.25. The largest absolute Gasteiger partial charge is 0.436 e. The van der Waals surface area contributed by atoms with Gasteiger partial charge >= 0.3 is 0 Å². The molecule has 0 saturated heterocycles. The van der Waals surface area contributed by atoms with Gasteiger partial charge in [-0.25, -0.2) is 9.97 Å². The molecule has 4 nitrogen and oxygen atoms in total. The van der Waals surface area contributed by atoms with Crippen LogP contribution in [-0.4, -0.2) is 14.5 Å². The van der Waals surface area contributed by atoms with E-state index in [0.29, 0.717) is 5.71 Å². The molecule has 196 valence electrons. The van der Waals surface area contributed by atoms with E-state index in [-0.39, 0.29) is 0 Å². The lowest BCUT2D eigenvalue weighted by atomic mass is 10.0. The molecular weight excluding hydrogens is 514 g/mol. The van der Waals surface area contributed by atoms with Crippen molar-refractivity contribution in [2.24, 2.45) is 0 Å². The summed E-state index contributed by atoms with van der Waals surface area (Å²) in [6.45, 7) is 0. The zero-order valence-corrected chi connectivity index (χ0v) is 22.5. The molecule has 6 aromatic carbocycles. The summed E-state index contributed by atoms with van der Waals surface area (Å²) in [7, 11) is 0. The van der Waals surface area contributed by atoms with E-state index in [0.717, 1.165) is 55.7 Å². The second kappa shape index (κ2) is 8.88. The van der Waals surface area contributed by atoms with Crippen LogP contribution in [0.1, 0.15) is 0 Å². The molecule has 3 heterocycles. The molecule has 0 aliphatic heterocycles. The Labute approximate surface area is 241 Å². The van der Waals surface area contributed by atoms with Gasteiger partial charge in [0.25, 0.3) is 0 Å². The highest BCUT2D eigenvalue weighted by molar-refractivity contribution is 6.14. The van der Waals surface area contributed by atoms with Crippen molar-refractivity contribution in [1.82, 2.24) is 14.5 Å². The summed E-state index contributed by atoms with van der Waals surface area (Å²) >= 11 is 0. The second-order valence-corrected chi connectivity index (χ2v) is 10.7. The molecule has 0 N–H and O–H groups in total. The number of hydrogen-bond acceptors (Lipinski definition) is 3. The predicted molar refractivity (Wildman–Crippen MR) is 172 cm³/mol. The molecule has 9 rings (SSSR count). The standard InChI is InChI=1S/C38H23N3O/c1-2-11-24(12-3-1)25-15-10-16-28(21-25)35-37(39-36-30-18-7-9-20-34(30)42-38(36)40-35)41-32-19-8-6-17-29(32)31-22-26-13-4-5-14-27(26)23-33(31)41/h1-23H. The maximum absolute atomic E-state index is 6.25. The molecule has 0 bridgehead atoms. The first kappa shape index (κ1) is 23.0. The maximum Gasteiger partial charge on any atom is 0.247 e. The van der Waals surface area contributed by atoms with E-state index in [9.17, 15) is 0 Å². The Morgan fingerprint density at radius 3 is 2.05 bits per heavy atom. The molecular formula is C38H23N3O. The van der Waals surface area contributed by atoms with Crippen molar-refractivity contribution in [3.63, 3.8) is 0 Å². The van der Waals surface area contributed by atoms with Crippen molar-refractivity contribution in [2.75, 3.05) is 0 Å². The zero-order valence-electron chi connectivity index (χ0n) is 22.5. The van der Waals surface area contributed by atoms with Crippen LogP contribution >= 0.6 is 0 Å². The summed E-state index contributed by atoms with van der Waals surface area (Å²) in [4.78, 5) is 10.6. The predicted octanol–water partition coefficient (Wildman–Crippen LogP) is 9.96. The lowest BCUT2D eigenvalue weighted by Crippen LogP contribution is -2.03. The molecule has 0 fully saturated rings. The molecule has 0 aliphatic carbocycles. The van der Waals surface area contributed by atoms with Crippen LogP contribution in [0.5, 0.6) is 0 Å². The van der Waals surface area contributed by atoms with Gasteiger partial charge in [0.05, 0.1) is 11.0 Å². The van der Waals surface area contributed by atoms with Crippen molar-refractivity contribution in [2.45, 2.75) is 0 Å². The third-order valence-electron chi connectivity index (χ3n) is 8.19. The monoisotopic (exact) mass is 537 g/mol. The fourth-order valence-corrected chi connectivity index (χ4v) is 6.22. The van der Waals surface area contributed by atoms with Crippen molar-refractivity contribution in [3.05, 3.63) is 140 Å². The fourth-order valence-electron chi connectivity index (χ4n) is 6.22. The van der Waals surface area contributed by atoms with E-state index in [4.69, 9.17) is 14.4 Å². The molecule has 0 aliphatic rings. The lowest BCUT2D eigenvalue weighted by Gasteiger charge is -2.13. The minimum absolute atomic E-state index is 0.534. The number of benzene rings is 6. The van der Waals surface area contributed by atoms with Gasteiger partial charge in [-0.15, -0.1) is 0 Å². The Morgan fingerprint density at radius 2 is 1.17 bits per heavy atom. The number of furan rings is 1. The van der Waals surface area contributed by atoms with E-state index in [1.165, 1.54) is 21.5 Å². The summed E-state index contributed by atoms with van der Waals surface area (Å²) in [6.07, 6.45) is 0. The van der Waals surface area contributed by atoms with E-state index < -0.39 is 0 Å². The summed E-state index contributed by atoms with van der Waals surface area (Å²) in [5, 5.41) is 5.72. The average molecular weight is 538 g/mol. The Hall–Kier alpha value is -5.74. The molecule has 9 aromatic rings. The number of aromatic nitrogens is 3. The van der Waals surface area contributed by atoms with Crippen LogP contribution < -0.4 is 0 Å². The Kier molecular flexibility index (Phi) is 4.87. The fraction of sp³-hybridized carbons (Fsp3) is 0.